The first-order valence-corrected chi connectivity index (χ1v) is 10.0. The number of halogens is 1. The van der Waals surface area contributed by atoms with Crippen LogP contribution in [0.1, 0.15) is 12.8 Å². The van der Waals surface area contributed by atoms with E-state index in [0.717, 1.165) is 12.8 Å². The van der Waals surface area contributed by atoms with Gasteiger partial charge >= 0.3 is 0 Å². The van der Waals surface area contributed by atoms with Crippen molar-refractivity contribution in [1.82, 2.24) is 9.03 Å². The van der Waals surface area contributed by atoms with Crippen LogP contribution in [0.5, 0.6) is 0 Å². The monoisotopic (exact) mass is 352 g/mol. The molecule has 118 valence electrons. The molecule has 0 radical (unpaired) electrons. The van der Waals surface area contributed by atoms with Gasteiger partial charge in [0.05, 0.1) is 10.8 Å². The van der Waals surface area contributed by atoms with Gasteiger partial charge in [-0.15, -0.1) is 0 Å². The van der Waals surface area contributed by atoms with E-state index in [-0.39, 0.29) is 22.2 Å². The van der Waals surface area contributed by atoms with Crippen LogP contribution in [0.4, 0.5) is 0 Å². The van der Waals surface area contributed by atoms with Crippen LogP contribution < -0.4 is 4.72 Å². The van der Waals surface area contributed by atoms with Gasteiger partial charge in [0.2, 0.25) is 20.0 Å². The Morgan fingerprint density at radius 1 is 1.10 bits per heavy atom. The predicted octanol–water partition coefficient (Wildman–Crippen LogP) is 1.04. The van der Waals surface area contributed by atoms with Crippen molar-refractivity contribution in [3.8, 4) is 0 Å². The quantitative estimate of drug-likeness (QED) is 0.829. The molecule has 1 N–H and O–H groups in total. The molecule has 6 nitrogen and oxygen atoms in total. The van der Waals surface area contributed by atoms with Crippen LogP contribution in [0, 0.1) is 0 Å². The maximum Gasteiger partial charge on any atom is 0.242 e. The lowest BCUT2D eigenvalue weighted by Gasteiger charge is -2.15. The molecule has 1 aliphatic heterocycles. The minimum Gasteiger partial charge on any atom is -0.212 e. The Morgan fingerprint density at radius 2 is 1.71 bits per heavy atom. The molecular formula is C12H17ClN2O4S2. The number of hydrogen-bond donors (Lipinski definition) is 1. The van der Waals surface area contributed by atoms with Gasteiger partial charge in [-0.25, -0.2) is 25.9 Å². The molecule has 2 rings (SSSR count). The fourth-order valence-electron chi connectivity index (χ4n) is 2.14. The molecule has 9 heteroatoms. The second-order valence-electron chi connectivity index (χ2n) is 4.75. The van der Waals surface area contributed by atoms with Crippen molar-refractivity contribution in [2.75, 3.05) is 25.4 Å². The molecule has 1 heterocycles. The normalized spacial score (nSPS) is 17.2. The zero-order valence-corrected chi connectivity index (χ0v) is 13.7. The highest BCUT2D eigenvalue weighted by Crippen LogP contribution is 2.20. The molecule has 1 fully saturated rings. The molecule has 1 saturated heterocycles. The number of benzene rings is 1. The van der Waals surface area contributed by atoms with E-state index in [1.165, 1.54) is 16.4 Å². The minimum absolute atomic E-state index is 0.0507. The number of hydrogen-bond acceptors (Lipinski definition) is 4. The first kappa shape index (κ1) is 16.7. The van der Waals surface area contributed by atoms with Gasteiger partial charge in [-0.1, -0.05) is 23.7 Å². The summed E-state index contributed by atoms with van der Waals surface area (Å²) >= 11 is 5.84. The van der Waals surface area contributed by atoms with Crippen LogP contribution in [-0.2, 0) is 20.0 Å². The lowest BCUT2D eigenvalue weighted by atomic mass is 10.4. The first-order chi connectivity index (χ1) is 9.83. The molecule has 0 unspecified atom stereocenters. The Balaban J connectivity index is 1.98. The standard InChI is InChI=1S/C12H17ClN2O4S2/c13-11-5-1-2-6-12(11)21(18,19)14-7-10-20(16,17)15-8-3-4-9-15/h1-2,5-6,14H,3-4,7-10H2. The molecule has 0 bridgehead atoms. The summed E-state index contributed by atoms with van der Waals surface area (Å²) < 4.78 is 51.8. The Hall–Kier alpha value is -0.670. The summed E-state index contributed by atoms with van der Waals surface area (Å²) in [6.07, 6.45) is 1.70. The van der Waals surface area contributed by atoms with Gasteiger partial charge in [0.15, 0.2) is 0 Å². The fourth-order valence-corrected chi connectivity index (χ4v) is 5.25. The Kier molecular flexibility index (Phi) is 5.26. The van der Waals surface area contributed by atoms with Crippen LogP contribution in [-0.4, -0.2) is 46.5 Å². The highest BCUT2D eigenvalue weighted by Gasteiger charge is 2.26. The Labute approximate surface area is 130 Å². The molecule has 0 saturated carbocycles. The highest BCUT2D eigenvalue weighted by atomic mass is 35.5. The molecule has 0 aliphatic carbocycles. The maximum atomic E-state index is 12.1. The van der Waals surface area contributed by atoms with E-state index in [1.54, 1.807) is 12.1 Å². The largest absolute Gasteiger partial charge is 0.242 e. The summed E-state index contributed by atoms with van der Waals surface area (Å²) in [5, 5.41) is 0.104. The van der Waals surface area contributed by atoms with Crippen molar-refractivity contribution in [1.29, 1.82) is 0 Å². The number of sulfonamides is 2. The van der Waals surface area contributed by atoms with Gasteiger partial charge in [-0.3, -0.25) is 0 Å². The Morgan fingerprint density at radius 3 is 2.33 bits per heavy atom. The number of nitrogens with zero attached hydrogens (tertiary/aromatic N) is 1. The van der Waals surface area contributed by atoms with E-state index < -0.39 is 20.0 Å². The third-order valence-corrected chi connectivity index (χ3v) is 7.07. The molecule has 0 aromatic heterocycles. The van der Waals surface area contributed by atoms with Crippen molar-refractivity contribution in [3.05, 3.63) is 29.3 Å². The van der Waals surface area contributed by atoms with E-state index in [4.69, 9.17) is 11.6 Å². The molecule has 21 heavy (non-hydrogen) atoms. The fraction of sp³-hybridized carbons (Fsp3) is 0.500. The third kappa shape index (κ3) is 4.17. The maximum absolute atomic E-state index is 12.1. The van der Waals surface area contributed by atoms with Crippen molar-refractivity contribution in [2.45, 2.75) is 17.7 Å². The smallest absolute Gasteiger partial charge is 0.212 e. The van der Waals surface area contributed by atoms with Crippen LogP contribution >= 0.6 is 11.6 Å². The lowest BCUT2D eigenvalue weighted by molar-refractivity contribution is 0.477. The van der Waals surface area contributed by atoms with E-state index in [0.29, 0.717) is 13.1 Å². The summed E-state index contributed by atoms with van der Waals surface area (Å²) in [6, 6.07) is 6.03. The van der Waals surface area contributed by atoms with Crippen LogP contribution in [0.3, 0.4) is 0 Å². The first-order valence-electron chi connectivity index (χ1n) is 6.55. The number of rotatable bonds is 6. The van der Waals surface area contributed by atoms with Gasteiger partial charge < -0.3 is 0 Å². The van der Waals surface area contributed by atoms with Gasteiger partial charge in [0.25, 0.3) is 0 Å². The van der Waals surface area contributed by atoms with E-state index in [2.05, 4.69) is 4.72 Å². The summed E-state index contributed by atoms with van der Waals surface area (Å²) in [5.41, 5.74) is 0. The van der Waals surface area contributed by atoms with Crippen LogP contribution in [0.2, 0.25) is 5.02 Å². The SMILES string of the molecule is O=S(=O)(NCCS(=O)(=O)N1CCCC1)c1ccccc1Cl. The molecule has 0 atom stereocenters. The summed E-state index contributed by atoms with van der Waals surface area (Å²) in [4.78, 5) is -0.0507. The third-order valence-electron chi connectivity index (χ3n) is 3.24. The van der Waals surface area contributed by atoms with Gasteiger partial charge in [-0.2, -0.15) is 0 Å². The predicted molar refractivity (Wildman–Crippen MR) is 81.2 cm³/mol. The van der Waals surface area contributed by atoms with Crippen LogP contribution in [0.15, 0.2) is 29.2 Å². The molecule has 0 spiro atoms. The molecule has 1 aromatic carbocycles. The van der Waals surface area contributed by atoms with Crippen molar-refractivity contribution < 1.29 is 16.8 Å². The highest BCUT2D eigenvalue weighted by molar-refractivity contribution is 7.90. The minimum atomic E-state index is -3.80. The number of nitrogens with one attached hydrogen (secondary N) is 1. The van der Waals surface area contributed by atoms with E-state index >= 15 is 0 Å². The lowest BCUT2D eigenvalue weighted by Crippen LogP contribution is -2.36. The average Bonchev–Trinajstić information content (AvgIpc) is 2.93. The Bertz CT molecular complexity index is 698. The second kappa shape index (κ2) is 6.62. The van der Waals surface area contributed by atoms with Gasteiger partial charge in [0, 0.05) is 19.6 Å². The zero-order valence-electron chi connectivity index (χ0n) is 11.3. The van der Waals surface area contributed by atoms with Crippen LogP contribution in [0.25, 0.3) is 0 Å². The topological polar surface area (TPSA) is 83.5 Å². The van der Waals surface area contributed by atoms with Crippen molar-refractivity contribution in [3.63, 3.8) is 0 Å². The summed E-state index contributed by atoms with van der Waals surface area (Å²) in [7, 11) is -7.20. The molecule has 1 aliphatic rings. The second-order valence-corrected chi connectivity index (χ2v) is 8.98. The zero-order chi connectivity index (χ0) is 15.5. The molecule has 0 amide bonds. The van der Waals surface area contributed by atoms with Crippen molar-refractivity contribution in [2.24, 2.45) is 0 Å². The molecular weight excluding hydrogens is 336 g/mol. The average molecular weight is 353 g/mol. The molecule has 1 aromatic rings. The van der Waals surface area contributed by atoms with Gasteiger partial charge in [0.1, 0.15) is 4.90 Å². The summed E-state index contributed by atoms with van der Waals surface area (Å²) in [6.45, 7) is 0.853. The van der Waals surface area contributed by atoms with Gasteiger partial charge in [-0.05, 0) is 25.0 Å². The summed E-state index contributed by atoms with van der Waals surface area (Å²) in [5.74, 6) is -0.253. The van der Waals surface area contributed by atoms with Crippen molar-refractivity contribution >= 4 is 31.6 Å². The van der Waals surface area contributed by atoms with E-state index in [1.807, 2.05) is 0 Å². The van der Waals surface area contributed by atoms with E-state index in [9.17, 15) is 16.8 Å².